The predicted octanol–water partition coefficient (Wildman–Crippen LogP) is 4.17. The van der Waals surface area contributed by atoms with Crippen LogP contribution in [0.4, 0.5) is 5.69 Å². The summed E-state index contributed by atoms with van der Waals surface area (Å²) < 4.78 is 4.78. The Bertz CT molecular complexity index is 546. The first-order valence-electron chi connectivity index (χ1n) is 7.00. The minimum Gasteiger partial charge on any atom is -0.465 e. The quantitative estimate of drug-likeness (QED) is 0.470. The molecule has 0 saturated carbocycles. The Labute approximate surface area is 120 Å². The fraction of sp³-hybridized carbons (Fsp3) is 0.412. The third-order valence-corrected chi connectivity index (χ3v) is 3.81. The van der Waals surface area contributed by atoms with Crippen molar-refractivity contribution in [3.8, 4) is 0 Å². The summed E-state index contributed by atoms with van der Waals surface area (Å²) in [4.78, 5) is 16.2. The van der Waals surface area contributed by atoms with Gasteiger partial charge in [-0.3, -0.25) is 4.99 Å². The van der Waals surface area contributed by atoms with E-state index in [0.29, 0.717) is 23.1 Å². The molecule has 0 aliphatic heterocycles. The van der Waals surface area contributed by atoms with E-state index in [0.717, 1.165) is 12.8 Å². The van der Waals surface area contributed by atoms with Crippen LogP contribution in [0.2, 0.25) is 0 Å². The van der Waals surface area contributed by atoms with Crippen LogP contribution in [-0.4, -0.2) is 19.3 Å². The van der Waals surface area contributed by atoms with E-state index in [1.165, 1.54) is 12.7 Å². The van der Waals surface area contributed by atoms with Crippen molar-refractivity contribution in [3.63, 3.8) is 0 Å². The molecule has 0 unspecified atom stereocenters. The van der Waals surface area contributed by atoms with Crippen LogP contribution >= 0.6 is 0 Å². The van der Waals surface area contributed by atoms with Gasteiger partial charge < -0.3 is 4.74 Å². The van der Waals surface area contributed by atoms with Gasteiger partial charge in [0.15, 0.2) is 0 Å². The molecule has 3 nitrogen and oxygen atoms in total. The first kappa shape index (κ1) is 14.5. The highest BCUT2D eigenvalue weighted by atomic mass is 16.5. The number of nitrogens with zero attached hydrogens (tertiary/aromatic N) is 1. The maximum absolute atomic E-state index is 11.7. The molecule has 1 aromatic carbocycles. The summed E-state index contributed by atoms with van der Waals surface area (Å²) in [7, 11) is 1.39. The van der Waals surface area contributed by atoms with E-state index in [9.17, 15) is 4.79 Å². The van der Waals surface area contributed by atoms with Gasteiger partial charge in [-0.1, -0.05) is 30.7 Å². The molecule has 0 radical (unpaired) electrons. The summed E-state index contributed by atoms with van der Waals surface area (Å²) in [5.74, 6) is 0.590. The number of carbonyl (C=O) groups is 1. The van der Waals surface area contributed by atoms with Crippen molar-refractivity contribution >= 4 is 17.9 Å². The largest absolute Gasteiger partial charge is 0.465 e. The molecule has 2 atom stereocenters. The number of esters is 1. The Morgan fingerprint density at radius 2 is 2.15 bits per heavy atom. The molecular formula is C17H21NO2. The summed E-state index contributed by atoms with van der Waals surface area (Å²) in [6.45, 7) is 4.39. The number of carbonyl (C=O) groups excluding carboxylic acids is 1. The molecule has 0 spiro atoms. The van der Waals surface area contributed by atoms with Crippen LogP contribution in [0.1, 0.15) is 37.0 Å². The number of ether oxygens (including phenoxy) is 1. The maximum atomic E-state index is 11.7. The van der Waals surface area contributed by atoms with Crippen molar-refractivity contribution in [1.82, 2.24) is 0 Å². The summed E-state index contributed by atoms with van der Waals surface area (Å²) in [5, 5.41) is 0. The van der Waals surface area contributed by atoms with Crippen molar-refractivity contribution in [2.24, 2.45) is 16.8 Å². The van der Waals surface area contributed by atoms with Crippen molar-refractivity contribution in [2.75, 3.05) is 7.11 Å². The van der Waals surface area contributed by atoms with E-state index in [-0.39, 0.29) is 5.97 Å². The molecule has 0 aromatic heterocycles. The molecule has 0 N–H and O–H groups in total. The van der Waals surface area contributed by atoms with Gasteiger partial charge in [0.2, 0.25) is 0 Å². The molecule has 106 valence electrons. The molecular weight excluding hydrogens is 250 g/mol. The zero-order chi connectivity index (χ0) is 14.5. The van der Waals surface area contributed by atoms with Gasteiger partial charge >= 0.3 is 5.97 Å². The first-order chi connectivity index (χ1) is 9.61. The number of allylic oxidation sites excluding steroid dienone is 2. The van der Waals surface area contributed by atoms with Gasteiger partial charge in [-0.25, -0.2) is 4.79 Å². The lowest BCUT2D eigenvalue weighted by Gasteiger charge is -2.23. The van der Waals surface area contributed by atoms with Crippen LogP contribution in [0.25, 0.3) is 0 Å². The van der Waals surface area contributed by atoms with E-state index >= 15 is 0 Å². The lowest BCUT2D eigenvalue weighted by atomic mass is 9.83. The smallest absolute Gasteiger partial charge is 0.340 e. The van der Waals surface area contributed by atoms with Crippen molar-refractivity contribution in [1.29, 1.82) is 0 Å². The fourth-order valence-electron chi connectivity index (χ4n) is 2.57. The standard InChI is InChI=1S/C17H21NO2/c1-12-8-9-14(13(2)10-12)11-18-16-7-5-4-6-15(16)17(19)20-3/h4-7,10-11,13-14H,8-9H2,1-3H3/t13-,14+/m1/s1. The van der Waals surface area contributed by atoms with Gasteiger partial charge in [0.25, 0.3) is 0 Å². The predicted molar refractivity (Wildman–Crippen MR) is 81.6 cm³/mol. The maximum Gasteiger partial charge on any atom is 0.340 e. The van der Waals surface area contributed by atoms with Crippen LogP contribution < -0.4 is 0 Å². The topological polar surface area (TPSA) is 38.7 Å². The Balaban J connectivity index is 2.18. The zero-order valence-electron chi connectivity index (χ0n) is 12.3. The van der Waals surface area contributed by atoms with E-state index in [2.05, 4.69) is 24.9 Å². The minimum absolute atomic E-state index is 0.342. The fourth-order valence-corrected chi connectivity index (χ4v) is 2.57. The SMILES string of the molecule is COC(=O)c1ccccc1N=C[C@@H]1CCC(C)=C[C@H]1C. The lowest BCUT2D eigenvalue weighted by molar-refractivity contribution is 0.0601. The second-order valence-electron chi connectivity index (χ2n) is 5.36. The second-order valence-corrected chi connectivity index (χ2v) is 5.36. The van der Waals surface area contributed by atoms with Gasteiger partial charge in [-0.2, -0.15) is 0 Å². The Kier molecular flexibility index (Phi) is 4.72. The summed E-state index contributed by atoms with van der Waals surface area (Å²) >= 11 is 0. The summed E-state index contributed by atoms with van der Waals surface area (Å²) in [6, 6.07) is 7.29. The molecule has 0 amide bonds. The average molecular weight is 271 g/mol. The van der Waals surface area contributed by atoms with E-state index < -0.39 is 0 Å². The van der Waals surface area contributed by atoms with Gasteiger partial charge in [-0.05, 0) is 37.8 Å². The highest BCUT2D eigenvalue weighted by Gasteiger charge is 2.18. The van der Waals surface area contributed by atoms with Crippen molar-refractivity contribution in [3.05, 3.63) is 41.5 Å². The molecule has 0 bridgehead atoms. The molecule has 0 saturated heterocycles. The number of hydrogen-bond acceptors (Lipinski definition) is 3. The molecule has 1 aliphatic rings. The molecule has 1 aromatic rings. The first-order valence-corrected chi connectivity index (χ1v) is 7.00. The van der Waals surface area contributed by atoms with Crippen LogP contribution in [0.5, 0.6) is 0 Å². The Morgan fingerprint density at radius 1 is 1.40 bits per heavy atom. The number of aliphatic imine (C=N–C) groups is 1. The van der Waals surface area contributed by atoms with Gasteiger partial charge in [0.1, 0.15) is 0 Å². The number of hydrogen-bond donors (Lipinski definition) is 0. The summed E-state index contributed by atoms with van der Waals surface area (Å²) in [6.07, 6.45) is 6.54. The van der Waals surface area contributed by atoms with Gasteiger partial charge in [-0.15, -0.1) is 0 Å². The number of rotatable bonds is 3. The Morgan fingerprint density at radius 3 is 2.85 bits per heavy atom. The molecule has 3 heteroatoms. The Hall–Kier alpha value is -1.90. The lowest BCUT2D eigenvalue weighted by Crippen LogP contribution is -2.15. The normalized spacial score (nSPS) is 22.6. The van der Waals surface area contributed by atoms with Crippen molar-refractivity contribution in [2.45, 2.75) is 26.7 Å². The van der Waals surface area contributed by atoms with Crippen LogP contribution in [0.15, 0.2) is 40.9 Å². The van der Waals surface area contributed by atoms with Crippen LogP contribution in [-0.2, 0) is 4.74 Å². The molecule has 2 rings (SSSR count). The van der Waals surface area contributed by atoms with E-state index in [1.54, 1.807) is 6.07 Å². The average Bonchev–Trinajstić information content (AvgIpc) is 2.46. The summed E-state index contributed by atoms with van der Waals surface area (Å²) in [5.41, 5.74) is 2.65. The molecule has 1 aliphatic carbocycles. The number of benzene rings is 1. The second kappa shape index (κ2) is 6.51. The van der Waals surface area contributed by atoms with Gasteiger partial charge in [0.05, 0.1) is 18.4 Å². The van der Waals surface area contributed by atoms with Crippen LogP contribution in [0, 0.1) is 11.8 Å². The van der Waals surface area contributed by atoms with Crippen LogP contribution in [0.3, 0.4) is 0 Å². The highest BCUT2D eigenvalue weighted by molar-refractivity contribution is 5.95. The monoisotopic (exact) mass is 271 g/mol. The molecule has 0 fully saturated rings. The highest BCUT2D eigenvalue weighted by Crippen LogP contribution is 2.28. The number of para-hydroxylation sites is 1. The van der Waals surface area contributed by atoms with Gasteiger partial charge in [0, 0.05) is 12.1 Å². The van der Waals surface area contributed by atoms with Crippen molar-refractivity contribution < 1.29 is 9.53 Å². The van der Waals surface area contributed by atoms with E-state index in [1.807, 2.05) is 24.4 Å². The third-order valence-electron chi connectivity index (χ3n) is 3.81. The molecule has 20 heavy (non-hydrogen) atoms. The third kappa shape index (κ3) is 3.35. The minimum atomic E-state index is -0.342. The molecule has 0 heterocycles. The number of methoxy groups -OCH3 is 1. The zero-order valence-corrected chi connectivity index (χ0v) is 12.3. The van der Waals surface area contributed by atoms with E-state index in [4.69, 9.17) is 4.74 Å².